The average Bonchev–Trinajstić information content (AvgIpc) is 2.93. The molecule has 2 N–H and O–H groups in total. The van der Waals surface area contributed by atoms with Gasteiger partial charge in [0.05, 0.1) is 22.5 Å². The van der Waals surface area contributed by atoms with Crippen molar-refractivity contribution in [2.75, 3.05) is 10.4 Å². The maximum atomic E-state index is 12.3. The largest absolute Gasteiger partial charge is 0.365 e. The normalized spacial score (nSPS) is 16.2. The smallest absolute Gasteiger partial charge is 0.358 e. The van der Waals surface area contributed by atoms with E-state index in [1.807, 2.05) is 0 Å². The molecule has 1 aromatic carbocycles. The summed E-state index contributed by atoms with van der Waals surface area (Å²) in [6.07, 6.45) is 4.33. The number of fused-ring (bicyclic) bond motifs is 3. The number of rotatable bonds is 2. The highest BCUT2D eigenvalue weighted by molar-refractivity contribution is 6.05. The zero-order valence-corrected chi connectivity index (χ0v) is 12.8. The van der Waals surface area contributed by atoms with Crippen LogP contribution in [0.5, 0.6) is 0 Å². The van der Waals surface area contributed by atoms with Gasteiger partial charge in [-0.2, -0.15) is 0 Å². The average molecular weight is 340 g/mol. The van der Waals surface area contributed by atoms with E-state index in [-0.39, 0.29) is 18.4 Å². The van der Waals surface area contributed by atoms with Gasteiger partial charge in [0.15, 0.2) is 0 Å². The fraction of sp³-hybridized carbons (Fsp3) is 0.125. The van der Waals surface area contributed by atoms with Crippen LogP contribution in [0, 0.1) is 0 Å². The van der Waals surface area contributed by atoms with E-state index in [0.717, 1.165) is 5.06 Å². The van der Waals surface area contributed by atoms with Gasteiger partial charge in [0.1, 0.15) is 0 Å². The number of pyridine rings is 1. The predicted octanol–water partition coefficient (Wildman–Crippen LogP) is 1.55. The van der Waals surface area contributed by atoms with Gasteiger partial charge in [-0.15, -0.1) is 5.06 Å². The van der Waals surface area contributed by atoms with Crippen LogP contribution in [0.25, 0.3) is 10.9 Å². The summed E-state index contributed by atoms with van der Waals surface area (Å²) in [5.74, 6) is -1.96. The molecule has 1 fully saturated rings. The van der Waals surface area contributed by atoms with Gasteiger partial charge in [-0.05, 0) is 18.2 Å². The van der Waals surface area contributed by atoms with Crippen LogP contribution in [0.2, 0.25) is 0 Å². The number of amides is 2. The lowest BCUT2D eigenvalue weighted by Crippen LogP contribution is -2.32. The Morgan fingerprint density at radius 1 is 1.24 bits per heavy atom. The molecule has 0 bridgehead atoms. The summed E-state index contributed by atoms with van der Waals surface area (Å²) in [7, 11) is 0. The van der Waals surface area contributed by atoms with Crippen molar-refractivity contribution in [2.45, 2.75) is 12.8 Å². The van der Waals surface area contributed by atoms with Gasteiger partial charge in [0.2, 0.25) is 0 Å². The van der Waals surface area contributed by atoms with E-state index in [0.29, 0.717) is 27.3 Å². The van der Waals surface area contributed by atoms with Crippen LogP contribution in [0.3, 0.4) is 0 Å². The monoisotopic (exact) mass is 340 g/mol. The second kappa shape index (κ2) is 5.56. The Morgan fingerprint density at radius 2 is 2.00 bits per heavy atom. The third-order valence-electron chi connectivity index (χ3n) is 3.95. The quantitative estimate of drug-likeness (QED) is 0.792. The molecule has 9 nitrogen and oxygen atoms in total. The third-order valence-corrected chi connectivity index (χ3v) is 3.95. The Morgan fingerprint density at radius 3 is 2.76 bits per heavy atom. The van der Waals surface area contributed by atoms with Crippen molar-refractivity contribution in [2.24, 2.45) is 0 Å². The minimum absolute atomic E-state index is 0.0260. The summed E-state index contributed by atoms with van der Waals surface area (Å²) in [5.41, 5.74) is 1.74. The van der Waals surface area contributed by atoms with E-state index in [9.17, 15) is 19.6 Å². The lowest BCUT2D eigenvalue weighted by molar-refractivity contribution is -0.172. The molecule has 0 unspecified atom stereocenters. The molecule has 0 atom stereocenters. The Kier molecular flexibility index (Phi) is 3.36. The van der Waals surface area contributed by atoms with Crippen LogP contribution >= 0.6 is 0 Å². The van der Waals surface area contributed by atoms with Gasteiger partial charge in [0, 0.05) is 36.8 Å². The fourth-order valence-electron chi connectivity index (χ4n) is 2.71. The number of carbonyl (C=O) groups is 3. The lowest BCUT2D eigenvalue weighted by atomic mass is 10.1. The molecular formula is C16H12N4O5. The molecule has 2 aliphatic heterocycles. The predicted molar refractivity (Wildman–Crippen MR) is 85.3 cm³/mol. The van der Waals surface area contributed by atoms with Gasteiger partial charge in [0.25, 0.3) is 11.8 Å². The number of benzene rings is 1. The van der Waals surface area contributed by atoms with Crippen LogP contribution in [0.15, 0.2) is 36.8 Å². The van der Waals surface area contributed by atoms with Gasteiger partial charge >= 0.3 is 5.97 Å². The summed E-state index contributed by atoms with van der Waals surface area (Å²) < 4.78 is 0. The van der Waals surface area contributed by atoms with Crippen molar-refractivity contribution in [3.8, 4) is 0 Å². The van der Waals surface area contributed by atoms with E-state index in [1.54, 1.807) is 12.1 Å². The Bertz CT molecular complexity index is 939. The topological polar surface area (TPSA) is 112 Å². The highest BCUT2D eigenvalue weighted by Gasteiger charge is 2.33. The van der Waals surface area contributed by atoms with Crippen LogP contribution in [0.1, 0.15) is 23.2 Å². The number of nitrogens with one attached hydrogen (secondary N) is 1. The van der Waals surface area contributed by atoms with E-state index in [4.69, 9.17) is 4.84 Å². The molecule has 126 valence electrons. The first kappa shape index (κ1) is 15.1. The highest BCUT2D eigenvalue weighted by atomic mass is 16.7. The van der Waals surface area contributed by atoms with Crippen molar-refractivity contribution in [1.82, 2.24) is 10.0 Å². The summed E-state index contributed by atoms with van der Waals surface area (Å²) in [6.45, 7) is 0. The SMILES string of the molecule is O=C(ON1C(=O)CCC1=O)c1cnc2ccc3c(c2c1)NC=CN3O. The molecule has 2 amide bonds. The molecule has 9 heteroatoms. The molecule has 25 heavy (non-hydrogen) atoms. The Balaban J connectivity index is 1.70. The van der Waals surface area contributed by atoms with Crippen LogP contribution in [-0.2, 0) is 14.4 Å². The maximum absolute atomic E-state index is 12.3. The van der Waals surface area contributed by atoms with Crippen LogP contribution in [0.4, 0.5) is 11.4 Å². The minimum atomic E-state index is -0.859. The van der Waals surface area contributed by atoms with Crippen molar-refractivity contribution in [1.29, 1.82) is 0 Å². The first-order chi connectivity index (χ1) is 12.0. The number of hydroxylamine groups is 3. The number of imide groups is 1. The zero-order chi connectivity index (χ0) is 17.6. The number of hydrogen-bond donors (Lipinski definition) is 2. The number of anilines is 2. The van der Waals surface area contributed by atoms with Gasteiger partial charge in [-0.25, -0.2) is 9.86 Å². The van der Waals surface area contributed by atoms with Crippen molar-refractivity contribution < 1.29 is 24.4 Å². The van der Waals surface area contributed by atoms with Crippen molar-refractivity contribution >= 4 is 40.1 Å². The molecule has 0 aliphatic carbocycles. The van der Waals surface area contributed by atoms with Gasteiger partial charge in [-0.3, -0.25) is 19.8 Å². The molecule has 0 spiro atoms. The number of nitrogens with zero attached hydrogens (tertiary/aromatic N) is 3. The molecule has 0 saturated carbocycles. The number of carbonyl (C=O) groups excluding carboxylic acids is 3. The Hall–Kier alpha value is -3.46. The van der Waals surface area contributed by atoms with E-state index >= 15 is 0 Å². The molecule has 2 aromatic rings. The Labute approximate surface area is 141 Å². The molecule has 0 radical (unpaired) electrons. The molecular weight excluding hydrogens is 328 g/mol. The molecule has 3 heterocycles. The van der Waals surface area contributed by atoms with Crippen molar-refractivity contribution in [3.05, 3.63) is 42.4 Å². The lowest BCUT2D eigenvalue weighted by Gasteiger charge is -2.22. The maximum Gasteiger partial charge on any atom is 0.365 e. The third kappa shape index (κ3) is 2.46. The zero-order valence-electron chi connectivity index (χ0n) is 12.8. The molecule has 4 rings (SSSR count). The van der Waals surface area contributed by atoms with Gasteiger partial charge < -0.3 is 10.2 Å². The summed E-state index contributed by atoms with van der Waals surface area (Å²) in [5, 5.41) is 14.9. The van der Waals surface area contributed by atoms with E-state index in [2.05, 4.69) is 10.3 Å². The molecule has 1 saturated heterocycles. The highest BCUT2D eigenvalue weighted by Crippen LogP contribution is 2.35. The minimum Gasteiger partial charge on any atom is -0.358 e. The van der Waals surface area contributed by atoms with Crippen LogP contribution in [-0.4, -0.2) is 33.0 Å². The molecule has 2 aliphatic rings. The summed E-state index contributed by atoms with van der Waals surface area (Å²) in [6, 6.07) is 4.90. The van der Waals surface area contributed by atoms with Crippen LogP contribution < -0.4 is 10.4 Å². The number of hydrogen-bond acceptors (Lipinski definition) is 8. The van der Waals surface area contributed by atoms with Gasteiger partial charge in [-0.1, -0.05) is 0 Å². The first-order valence-corrected chi connectivity index (χ1v) is 7.47. The summed E-state index contributed by atoms with van der Waals surface area (Å²) in [4.78, 5) is 44.5. The van der Waals surface area contributed by atoms with Crippen molar-refractivity contribution in [3.63, 3.8) is 0 Å². The standard InChI is InChI=1S/C16H12N4O5/c21-13-3-4-14(22)20(13)25-16(23)9-7-10-11(18-8-9)1-2-12-15(10)17-5-6-19(12)24/h1-2,5-8,17,24H,3-4H2. The first-order valence-electron chi connectivity index (χ1n) is 7.47. The van der Waals surface area contributed by atoms with E-state index in [1.165, 1.54) is 24.7 Å². The molecule has 1 aromatic heterocycles. The summed E-state index contributed by atoms with van der Waals surface area (Å²) >= 11 is 0. The fourth-order valence-corrected chi connectivity index (χ4v) is 2.71. The van der Waals surface area contributed by atoms with E-state index < -0.39 is 17.8 Å². The number of aromatic nitrogens is 1. The second-order valence-electron chi connectivity index (χ2n) is 5.52. The second-order valence-corrected chi connectivity index (χ2v) is 5.52.